The van der Waals surface area contributed by atoms with E-state index in [4.69, 9.17) is 19.9 Å². The Bertz CT molecular complexity index is 1020. The number of amidine groups is 1. The second-order valence-electron chi connectivity index (χ2n) is 7.12. The second kappa shape index (κ2) is 9.35. The van der Waals surface area contributed by atoms with Crippen molar-refractivity contribution in [3.8, 4) is 17.6 Å². The third-order valence-electron chi connectivity index (χ3n) is 4.62. The number of allylic oxidation sites excluding steroid dienone is 2. The van der Waals surface area contributed by atoms with E-state index in [1.165, 1.54) is 11.8 Å². The fourth-order valence-electron chi connectivity index (χ4n) is 3.43. The molecule has 9 heteroatoms. The fourth-order valence-corrected chi connectivity index (χ4v) is 4.35. The summed E-state index contributed by atoms with van der Waals surface area (Å²) >= 11 is 1.19. The number of rotatable bonds is 7. The first-order valence-corrected chi connectivity index (χ1v) is 10.9. The molecule has 2 N–H and O–H groups in total. The zero-order chi connectivity index (χ0) is 22.7. The summed E-state index contributed by atoms with van der Waals surface area (Å²) in [5.74, 6) is 0.956. The van der Waals surface area contributed by atoms with E-state index in [2.05, 4.69) is 11.1 Å². The number of nitrogens with zero attached hydrogens (tertiary/aromatic N) is 3. The van der Waals surface area contributed by atoms with Gasteiger partial charge in [0.25, 0.3) is 0 Å². The first-order valence-electron chi connectivity index (χ1n) is 10.1. The van der Waals surface area contributed by atoms with Crippen LogP contribution in [0, 0.1) is 11.3 Å². The number of aliphatic imine (C=N–C) groups is 1. The number of fused-ring (bicyclic) bond motifs is 1. The highest BCUT2D eigenvalue weighted by Gasteiger charge is 2.43. The van der Waals surface area contributed by atoms with Gasteiger partial charge in [-0.05, 0) is 64.1 Å². The van der Waals surface area contributed by atoms with Gasteiger partial charge in [-0.15, -0.1) is 0 Å². The summed E-state index contributed by atoms with van der Waals surface area (Å²) < 4.78 is 17.0. The zero-order valence-corrected chi connectivity index (χ0v) is 19.1. The van der Waals surface area contributed by atoms with Crippen LogP contribution in [0.15, 0.2) is 45.2 Å². The van der Waals surface area contributed by atoms with E-state index in [0.29, 0.717) is 46.1 Å². The van der Waals surface area contributed by atoms with E-state index >= 15 is 0 Å². The Labute approximate surface area is 186 Å². The zero-order valence-electron chi connectivity index (χ0n) is 18.3. The minimum atomic E-state index is -0.619. The maximum atomic E-state index is 13.1. The van der Waals surface area contributed by atoms with Crippen molar-refractivity contribution in [2.24, 2.45) is 10.7 Å². The molecule has 2 heterocycles. The minimum absolute atomic E-state index is 0.255. The quantitative estimate of drug-likeness (QED) is 0.635. The molecule has 8 nitrogen and oxygen atoms in total. The molecule has 0 saturated heterocycles. The minimum Gasteiger partial charge on any atom is -0.490 e. The van der Waals surface area contributed by atoms with Crippen LogP contribution in [-0.4, -0.2) is 35.4 Å². The van der Waals surface area contributed by atoms with Crippen LogP contribution in [0.3, 0.4) is 0 Å². The summed E-state index contributed by atoms with van der Waals surface area (Å²) in [5.41, 5.74) is 7.94. The van der Waals surface area contributed by atoms with Crippen LogP contribution < -0.4 is 15.2 Å². The van der Waals surface area contributed by atoms with E-state index in [1.807, 2.05) is 32.0 Å². The summed E-state index contributed by atoms with van der Waals surface area (Å²) in [4.78, 5) is 19.7. The Balaban J connectivity index is 2.18. The number of ether oxygens (including phenoxy) is 3. The Hall–Kier alpha value is -3.12. The van der Waals surface area contributed by atoms with Crippen molar-refractivity contribution < 1.29 is 19.0 Å². The number of nitriles is 1. The van der Waals surface area contributed by atoms with Crippen molar-refractivity contribution in [2.75, 3.05) is 13.2 Å². The molecule has 2 aliphatic heterocycles. The smallest absolute Gasteiger partial charge is 0.338 e. The summed E-state index contributed by atoms with van der Waals surface area (Å²) in [5, 5.41) is 10.0. The van der Waals surface area contributed by atoms with Crippen LogP contribution in [0.4, 0.5) is 0 Å². The van der Waals surface area contributed by atoms with E-state index in [0.717, 1.165) is 5.56 Å². The monoisotopic (exact) mass is 442 g/mol. The molecule has 0 spiro atoms. The first kappa shape index (κ1) is 22.6. The van der Waals surface area contributed by atoms with E-state index in [-0.39, 0.29) is 11.9 Å². The van der Waals surface area contributed by atoms with Gasteiger partial charge >= 0.3 is 5.97 Å². The van der Waals surface area contributed by atoms with Gasteiger partial charge in [0.2, 0.25) is 0 Å². The lowest BCUT2D eigenvalue weighted by Crippen LogP contribution is -2.39. The Morgan fingerprint density at radius 2 is 1.97 bits per heavy atom. The van der Waals surface area contributed by atoms with E-state index < -0.39 is 12.0 Å². The molecule has 0 unspecified atom stereocenters. The molecule has 0 aliphatic carbocycles. The number of thioether (sulfide) groups is 1. The summed E-state index contributed by atoms with van der Waals surface area (Å²) in [6.07, 6.45) is -0.298. The molecule has 3 rings (SSSR count). The topological polar surface area (TPSA) is 110 Å². The van der Waals surface area contributed by atoms with Gasteiger partial charge < -0.3 is 19.9 Å². The van der Waals surface area contributed by atoms with Gasteiger partial charge in [0.05, 0.1) is 36.6 Å². The van der Waals surface area contributed by atoms with Crippen LogP contribution in [0.1, 0.15) is 46.2 Å². The number of hydrogen-bond acceptors (Lipinski definition) is 9. The largest absolute Gasteiger partial charge is 0.490 e. The fraction of sp³-hybridized carbons (Fsp3) is 0.409. The molecule has 0 amide bonds. The van der Waals surface area contributed by atoms with Crippen molar-refractivity contribution in [3.63, 3.8) is 0 Å². The highest BCUT2D eigenvalue weighted by Crippen LogP contribution is 2.46. The molecule has 1 aromatic carbocycles. The highest BCUT2D eigenvalue weighted by molar-refractivity contribution is 8.17. The number of carbonyl (C=O) groups is 1. The van der Waals surface area contributed by atoms with E-state index in [1.54, 1.807) is 25.7 Å². The van der Waals surface area contributed by atoms with Gasteiger partial charge in [-0.3, -0.25) is 4.90 Å². The summed E-state index contributed by atoms with van der Waals surface area (Å²) in [6.45, 7) is 10.1. The average Bonchev–Trinajstić information content (AvgIpc) is 3.03. The third kappa shape index (κ3) is 4.35. The van der Waals surface area contributed by atoms with E-state index in [9.17, 15) is 10.1 Å². The third-order valence-corrected chi connectivity index (χ3v) is 5.60. The van der Waals surface area contributed by atoms with Crippen LogP contribution in [0.2, 0.25) is 0 Å². The van der Waals surface area contributed by atoms with Crippen LogP contribution >= 0.6 is 11.8 Å². The number of carbonyl (C=O) groups excluding carboxylic acids is 1. The lowest BCUT2D eigenvalue weighted by Gasteiger charge is -2.35. The molecule has 31 heavy (non-hydrogen) atoms. The maximum absolute atomic E-state index is 13.1. The van der Waals surface area contributed by atoms with Crippen molar-refractivity contribution >= 4 is 22.9 Å². The first-order chi connectivity index (χ1) is 14.8. The Morgan fingerprint density at radius 3 is 2.58 bits per heavy atom. The van der Waals surface area contributed by atoms with Crippen LogP contribution in [0.5, 0.6) is 11.5 Å². The van der Waals surface area contributed by atoms with Crippen molar-refractivity contribution in [2.45, 2.75) is 46.8 Å². The van der Waals surface area contributed by atoms with Gasteiger partial charge in [0, 0.05) is 0 Å². The van der Waals surface area contributed by atoms with Crippen LogP contribution in [-0.2, 0) is 9.53 Å². The molecule has 0 radical (unpaired) electrons. The lowest BCUT2D eigenvalue weighted by atomic mass is 9.94. The summed E-state index contributed by atoms with van der Waals surface area (Å²) in [6, 6.07) is 6.99. The van der Waals surface area contributed by atoms with Crippen LogP contribution in [0.25, 0.3) is 0 Å². The molecule has 0 bridgehead atoms. The molecule has 1 atom stereocenters. The second-order valence-corrected chi connectivity index (χ2v) is 8.10. The van der Waals surface area contributed by atoms with Crippen molar-refractivity contribution in [1.82, 2.24) is 4.90 Å². The average molecular weight is 443 g/mol. The molecule has 0 aromatic heterocycles. The number of benzene rings is 1. The normalized spacial score (nSPS) is 18.0. The number of nitrogens with two attached hydrogens (primary N) is 1. The van der Waals surface area contributed by atoms with Gasteiger partial charge in [0.15, 0.2) is 16.7 Å². The molecule has 0 saturated carbocycles. The van der Waals surface area contributed by atoms with Crippen molar-refractivity contribution in [1.29, 1.82) is 5.26 Å². The lowest BCUT2D eigenvalue weighted by molar-refractivity contribution is -0.143. The number of hydrogen-bond donors (Lipinski definition) is 1. The molecule has 2 aliphatic rings. The molecular weight excluding hydrogens is 416 g/mol. The molecule has 1 aromatic rings. The predicted octanol–water partition coefficient (Wildman–Crippen LogP) is 3.82. The van der Waals surface area contributed by atoms with Gasteiger partial charge in [-0.1, -0.05) is 6.07 Å². The van der Waals surface area contributed by atoms with Gasteiger partial charge in [0.1, 0.15) is 16.8 Å². The van der Waals surface area contributed by atoms with Gasteiger partial charge in [-0.25, -0.2) is 9.79 Å². The highest BCUT2D eigenvalue weighted by atomic mass is 32.2. The SMILES string of the molecule is CCOc1ccc([C@H]2C(C(=O)OC(C)C)=C(C)N=C3SC(C#N)=C(N)N32)cc1OCC. The predicted molar refractivity (Wildman–Crippen MR) is 119 cm³/mol. The van der Waals surface area contributed by atoms with Crippen molar-refractivity contribution in [3.05, 3.63) is 45.8 Å². The summed E-state index contributed by atoms with van der Waals surface area (Å²) in [7, 11) is 0. The standard InChI is InChI=1S/C22H26N4O4S/c1-6-28-15-9-8-14(10-16(15)29-7-2)19-18(21(27)30-12(3)4)13(5)25-22-26(19)20(24)17(11-23)31-22/h8-10,12,19H,6-7,24H2,1-5H3/t19-/m0/s1. The molecule has 0 fully saturated rings. The Kier molecular flexibility index (Phi) is 6.81. The molecular formula is C22H26N4O4S. The molecule has 164 valence electrons. The van der Waals surface area contributed by atoms with Gasteiger partial charge in [-0.2, -0.15) is 5.26 Å². The maximum Gasteiger partial charge on any atom is 0.338 e. The Morgan fingerprint density at radius 1 is 1.29 bits per heavy atom. The number of esters is 1.